The van der Waals surface area contributed by atoms with E-state index in [4.69, 9.17) is 0 Å². The van der Waals surface area contributed by atoms with E-state index in [-0.39, 0.29) is 17.6 Å². The monoisotopic (exact) mass is 442 g/mol. The van der Waals surface area contributed by atoms with Crippen LogP contribution < -0.4 is 10.6 Å². The fourth-order valence-corrected chi connectivity index (χ4v) is 2.35. The van der Waals surface area contributed by atoms with Crippen LogP contribution in [0.3, 0.4) is 0 Å². The topological polar surface area (TPSA) is 58.2 Å². The number of thiol groups is 1. The minimum atomic E-state index is -0.643. The van der Waals surface area contributed by atoms with Crippen molar-refractivity contribution in [2.45, 2.75) is 13.0 Å². The molecule has 4 nitrogen and oxygen atoms in total. The molecule has 0 saturated carbocycles. The first-order valence-corrected chi connectivity index (χ1v) is 7.58. The average molecular weight is 443 g/mol. The van der Waals surface area contributed by atoms with E-state index in [1.165, 1.54) is 6.92 Å². The van der Waals surface area contributed by atoms with Gasteiger partial charge in [-0.15, -0.1) is 0 Å². The van der Waals surface area contributed by atoms with Crippen LogP contribution in [-0.2, 0) is 9.59 Å². The van der Waals surface area contributed by atoms with Crippen LogP contribution in [0.4, 0.5) is 5.69 Å². The molecule has 2 N–H and O–H groups in total. The third kappa shape index (κ3) is 4.77. The Balaban J connectivity index is 2.79. The molecular formula is C11H12BrIN2O2S. The molecule has 0 radical (unpaired) electrons. The number of hydrogen-bond acceptors (Lipinski definition) is 3. The Morgan fingerprint density at radius 3 is 2.72 bits per heavy atom. The van der Waals surface area contributed by atoms with Crippen molar-refractivity contribution in [1.82, 2.24) is 5.32 Å². The first kappa shape index (κ1) is 15.8. The highest BCUT2D eigenvalue weighted by Crippen LogP contribution is 2.24. The number of hydrogen-bond donors (Lipinski definition) is 3. The molecule has 0 heterocycles. The van der Waals surface area contributed by atoms with Crippen LogP contribution in [0, 0.1) is 3.57 Å². The molecule has 0 bridgehead atoms. The van der Waals surface area contributed by atoms with Gasteiger partial charge in [-0.05, 0) is 56.7 Å². The maximum atomic E-state index is 11.9. The summed E-state index contributed by atoms with van der Waals surface area (Å²) in [5, 5.41) is 5.29. The van der Waals surface area contributed by atoms with E-state index in [1.54, 1.807) is 0 Å². The highest BCUT2D eigenvalue weighted by atomic mass is 127. The van der Waals surface area contributed by atoms with Gasteiger partial charge in [-0.25, -0.2) is 0 Å². The molecule has 1 rings (SSSR count). The Hall–Kier alpha value is -0.280. The third-order valence-electron chi connectivity index (χ3n) is 2.06. The minimum absolute atomic E-state index is 0.243. The number of rotatable bonds is 4. The first-order chi connectivity index (χ1) is 8.43. The van der Waals surface area contributed by atoms with Gasteiger partial charge in [0, 0.05) is 20.7 Å². The second kappa shape index (κ2) is 7.34. The largest absolute Gasteiger partial charge is 0.344 e. The van der Waals surface area contributed by atoms with Gasteiger partial charge in [0.25, 0.3) is 0 Å². The zero-order valence-electron chi connectivity index (χ0n) is 9.54. The normalized spacial score (nSPS) is 11.8. The molecule has 0 aliphatic carbocycles. The minimum Gasteiger partial charge on any atom is -0.344 e. The van der Waals surface area contributed by atoms with Gasteiger partial charge in [0.05, 0.1) is 5.69 Å². The quantitative estimate of drug-likeness (QED) is 0.495. The summed E-state index contributed by atoms with van der Waals surface area (Å²) in [6, 6.07) is 4.97. The zero-order chi connectivity index (χ0) is 13.7. The molecule has 0 fully saturated rings. The van der Waals surface area contributed by atoms with Crippen LogP contribution in [0.25, 0.3) is 0 Å². The Labute approximate surface area is 133 Å². The van der Waals surface area contributed by atoms with Crippen molar-refractivity contribution in [2.24, 2.45) is 0 Å². The van der Waals surface area contributed by atoms with E-state index in [9.17, 15) is 9.59 Å². The van der Waals surface area contributed by atoms with Gasteiger partial charge in [0.2, 0.25) is 11.8 Å². The van der Waals surface area contributed by atoms with Crippen LogP contribution in [0.5, 0.6) is 0 Å². The lowest BCUT2D eigenvalue weighted by atomic mass is 10.2. The summed E-state index contributed by atoms with van der Waals surface area (Å²) >= 11 is 9.57. The molecule has 0 aromatic heterocycles. The Morgan fingerprint density at radius 2 is 2.17 bits per heavy atom. The SMILES string of the molecule is CC(=O)NC(CS)C(=O)Nc1cc(I)ccc1Br. The van der Waals surface area contributed by atoms with Gasteiger partial charge in [0.1, 0.15) is 6.04 Å². The van der Waals surface area contributed by atoms with Crippen LogP contribution in [0.2, 0.25) is 0 Å². The van der Waals surface area contributed by atoms with Crippen LogP contribution >= 0.6 is 51.1 Å². The van der Waals surface area contributed by atoms with Gasteiger partial charge >= 0.3 is 0 Å². The van der Waals surface area contributed by atoms with Gasteiger partial charge < -0.3 is 10.6 Å². The van der Waals surface area contributed by atoms with Crippen molar-refractivity contribution in [2.75, 3.05) is 11.1 Å². The summed E-state index contributed by atoms with van der Waals surface area (Å²) in [6.07, 6.45) is 0. The second-order valence-corrected chi connectivity index (χ2v) is 6.01. The summed E-state index contributed by atoms with van der Waals surface area (Å²) < 4.78 is 1.80. The number of amides is 2. The molecular weight excluding hydrogens is 431 g/mol. The van der Waals surface area contributed by atoms with Crippen molar-refractivity contribution in [3.05, 3.63) is 26.2 Å². The van der Waals surface area contributed by atoms with Gasteiger partial charge in [-0.1, -0.05) is 0 Å². The maximum absolute atomic E-state index is 11.9. The molecule has 1 aromatic carbocycles. The number of carbonyl (C=O) groups is 2. The molecule has 0 aliphatic heterocycles. The lowest BCUT2D eigenvalue weighted by molar-refractivity contribution is -0.124. The predicted octanol–water partition coefficient (Wildman–Crippen LogP) is 2.43. The summed E-state index contributed by atoms with van der Waals surface area (Å²) in [6.45, 7) is 1.37. The van der Waals surface area contributed by atoms with Crippen molar-refractivity contribution in [3.8, 4) is 0 Å². The fourth-order valence-electron chi connectivity index (χ4n) is 1.25. The Bertz CT molecular complexity index is 470. The Morgan fingerprint density at radius 1 is 1.50 bits per heavy atom. The first-order valence-electron chi connectivity index (χ1n) is 5.08. The second-order valence-electron chi connectivity index (χ2n) is 3.55. The lowest BCUT2D eigenvalue weighted by Gasteiger charge is -2.16. The van der Waals surface area contributed by atoms with Gasteiger partial charge in [0.15, 0.2) is 0 Å². The van der Waals surface area contributed by atoms with Crippen molar-refractivity contribution < 1.29 is 9.59 Å². The lowest BCUT2D eigenvalue weighted by Crippen LogP contribution is -2.44. The summed E-state index contributed by atoms with van der Waals surface area (Å²) in [4.78, 5) is 22.9. The molecule has 0 aliphatic rings. The van der Waals surface area contributed by atoms with E-state index < -0.39 is 6.04 Å². The zero-order valence-corrected chi connectivity index (χ0v) is 14.2. The van der Waals surface area contributed by atoms with E-state index in [2.05, 4.69) is 61.8 Å². The Kier molecular flexibility index (Phi) is 6.44. The maximum Gasteiger partial charge on any atom is 0.247 e. The molecule has 18 heavy (non-hydrogen) atoms. The van der Waals surface area contributed by atoms with Crippen LogP contribution in [0.1, 0.15) is 6.92 Å². The van der Waals surface area contributed by atoms with E-state index >= 15 is 0 Å². The molecule has 0 spiro atoms. The van der Waals surface area contributed by atoms with Crippen molar-refractivity contribution >= 4 is 68.7 Å². The molecule has 0 saturated heterocycles. The highest BCUT2D eigenvalue weighted by molar-refractivity contribution is 14.1. The number of anilines is 1. The predicted molar refractivity (Wildman–Crippen MR) is 86.9 cm³/mol. The molecule has 2 amide bonds. The third-order valence-corrected chi connectivity index (χ3v) is 3.79. The molecule has 1 unspecified atom stereocenters. The molecule has 1 atom stereocenters. The number of benzene rings is 1. The fraction of sp³-hybridized carbons (Fsp3) is 0.273. The molecule has 1 aromatic rings. The van der Waals surface area contributed by atoms with Gasteiger partial charge in [-0.3, -0.25) is 9.59 Å². The smallest absolute Gasteiger partial charge is 0.247 e. The van der Waals surface area contributed by atoms with Gasteiger partial charge in [-0.2, -0.15) is 12.6 Å². The van der Waals surface area contributed by atoms with Crippen molar-refractivity contribution in [1.29, 1.82) is 0 Å². The highest BCUT2D eigenvalue weighted by Gasteiger charge is 2.18. The van der Waals surface area contributed by atoms with Crippen LogP contribution in [0.15, 0.2) is 22.7 Å². The molecule has 7 heteroatoms. The summed E-state index contributed by atoms with van der Waals surface area (Å²) in [7, 11) is 0. The summed E-state index contributed by atoms with van der Waals surface area (Å²) in [5.74, 6) is -0.304. The number of nitrogens with one attached hydrogen (secondary N) is 2. The standard InChI is InChI=1S/C11H12BrIN2O2S/c1-6(16)14-10(5-18)11(17)15-9-4-7(13)2-3-8(9)12/h2-4,10,18H,5H2,1H3,(H,14,16)(H,15,17). The summed E-state index contributed by atoms with van der Waals surface area (Å²) in [5.41, 5.74) is 0.670. The number of carbonyl (C=O) groups excluding carboxylic acids is 2. The van der Waals surface area contributed by atoms with Crippen molar-refractivity contribution in [3.63, 3.8) is 0 Å². The van der Waals surface area contributed by atoms with E-state index in [1.807, 2.05) is 18.2 Å². The molecule has 98 valence electrons. The van der Waals surface area contributed by atoms with Crippen LogP contribution in [-0.4, -0.2) is 23.6 Å². The average Bonchev–Trinajstić information content (AvgIpc) is 2.30. The van der Waals surface area contributed by atoms with E-state index in [0.717, 1.165) is 8.04 Å². The van der Waals surface area contributed by atoms with E-state index in [0.29, 0.717) is 5.69 Å². The number of halogens is 2.